The van der Waals surface area contributed by atoms with Crippen molar-refractivity contribution >= 4 is 17.3 Å². The fourth-order valence-electron chi connectivity index (χ4n) is 1.92. The number of benzene rings is 2. The maximum Gasteiger partial charge on any atom is 0.0637 e. The minimum absolute atomic E-state index is 0.241. The van der Waals surface area contributed by atoms with E-state index in [2.05, 4.69) is 56.4 Å². The van der Waals surface area contributed by atoms with E-state index in [1.165, 1.54) is 16.7 Å². The molecule has 18 heavy (non-hydrogen) atoms. The molecule has 0 aliphatic carbocycles. The largest absolute Gasteiger partial charge is 0.377 e. The zero-order valence-corrected chi connectivity index (χ0v) is 11.8. The van der Waals surface area contributed by atoms with Gasteiger partial charge in [-0.25, -0.2) is 0 Å². The SMILES string of the molecule is Cc1ccc(C(C)Nc2cc(C)ccc2Cl)cc1. The molecule has 0 saturated heterocycles. The molecule has 0 heterocycles. The fourth-order valence-corrected chi connectivity index (χ4v) is 2.09. The summed E-state index contributed by atoms with van der Waals surface area (Å²) in [4.78, 5) is 0. The summed E-state index contributed by atoms with van der Waals surface area (Å²) in [5.41, 5.74) is 4.74. The maximum absolute atomic E-state index is 6.19. The van der Waals surface area contributed by atoms with Crippen LogP contribution < -0.4 is 5.32 Å². The van der Waals surface area contributed by atoms with Gasteiger partial charge in [0.1, 0.15) is 0 Å². The van der Waals surface area contributed by atoms with E-state index in [9.17, 15) is 0 Å². The van der Waals surface area contributed by atoms with Crippen molar-refractivity contribution in [3.63, 3.8) is 0 Å². The third kappa shape index (κ3) is 3.05. The molecule has 0 aliphatic heterocycles. The molecule has 1 atom stereocenters. The standard InChI is InChI=1S/C16H18ClN/c1-11-4-7-14(8-5-11)13(3)18-16-10-12(2)6-9-15(16)17/h4-10,13,18H,1-3H3. The smallest absolute Gasteiger partial charge is 0.0637 e. The Morgan fingerprint density at radius 3 is 2.22 bits per heavy atom. The third-order valence-electron chi connectivity index (χ3n) is 3.07. The summed E-state index contributed by atoms with van der Waals surface area (Å²) in [7, 11) is 0. The number of hydrogen-bond donors (Lipinski definition) is 1. The Morgan fingerprint density at radius 1 is 0.944 bits per heavy atom. The molecular weight excluding hydrogens is 242 g/mol. The van der Waals surface area contributed by atoms with Crippen LogP contribution in [0.3, 0.4) is 0 Å². The van der Waals surface area contributed by atoms with Crippen LogP contribution in [0, 0.1) is 13.8 Å². The van der Waals surface area contributed by atoms with Crippen LogP contribution in [0.15, 0.2) is 42.5 Å². The highest BCUT2D eigenvalue weighted by atomic mass is 35.5. The molecule has 2 aromatic rings. The fraction of sp³-hybridized carbons (Fsp3) is 0.250. The Kier molecular flexibility index (Phi) is 3.93. The minimum Gasteiger partial charge on any atom is -0.377 e. The highest BCUT2D eigenvalue weighted by Crippen LogP contribution is 2.27. The van der Waals surface area contributed by atoms with Crippen LogP contribution in [0.1, 0.15) is 29.7 Å². The zero-order valence-electron chi connectivity index (χ0n) is 11.0. The average Bonchev–Trinajstić information content (AvgIpc) is 2.34. The van der Waals surface area contributed by atoms with E-state index < -0.39 is 0 Å². The zero-order chi connectivity index (χ0) is 13.1. The van der Waals surface area contributed by atoms with Gasteiger partial charge in [0.2, 0.25) is 0 Å². The van der Waals surface area contributed by atoms with Crippen molar-refractivity contribution in [2.75, 3.05) is 5.32 Å². The van der Waals surface area contributed by atoms with Gasteiger partial charge in [-0.3, -0.25) is 0 Å². The molecule has 0 radical (unpaired) electrons. The van der Waals surface area contributed by atoms with Gasteiger partial charge in [0.15, 0.2) is 0 Å². The van der Waals surface area contributed by atoms with Crippen molar-refractivity contribution in [2.24, 2.45) is 0 Å². The van der Waals surface area contributed by atoms with E-state index in [1.807, 2.05) is 12.1 Å². The lowest BCUT2D eigenvalue weighted by atomic mass is 10.1. The van der Waals surface area contributed by atoms with E-state index >= 15 is 0 Å². The Labute approximate surface area is 114 Å². The second-order valence-corrected chi connectivity index (χ2v) is 5.17. The van der Waals surface area contributed by atoms with Gasteiger partial charge < -0.3 is 5.32 Å². The molecular formula is C16H18ClN. The number of aryl methyl sites for hydroxylation is 2. The molecule has 1 N–H and O–H groups in total. The summed E-state index contributed by atoms with van der Waals surface area (Å²) < 4.78 is 0. The number of anilines is 1. The molecule has 0 bridgehead atoms. The first-order valence-electron chi connectivity index (χ1n) is 6.15. The van der Waals surface area contributed by atoms with E-state index in [0.717, 1.165) is 10.7 Å². The highest BCUT2D eigenvalue weighted by Gasteiger charge is 2.07. The summed E-state index contributed by atoms with van der Waals surface area (Å²) in [6.45, 7) is 6.31. The summed E-state index contributed by atoms with van der Waals surface area (Å²) in [6, 6.07) is 14.8. The highest BCUT2D eigenvalue weighted by molar-refractivity contribution is 6.33. The quantitative estimate of drug-likeness (QED) is 0.806. The molecule has 1 unspecified atom stereocenters. The lowest BCUT2D eigenvalue weighted by Crippen LogP contribution is -2.07. The van der Waals surface area contributed by atoms with Crippen LogP contribution in [0.5, 0.6) is 0 Å². The number of rotatable bonds is 3. The average molecular weight is 260 g/mol. The molecule has 2 rings (SSSR count). The van der Waals surface area contributed by atoms with E-state index in [0.29, 0.717) is 0 Å². The van der Waals surface area contributed by atoms with Crippen molar-refractivity contribution < 1.29 is 0 Å². The molecule has 0 amide bonds. The third-order valence-corrected chi connectivity index (χ3v) is 3.40. The minimum atomic E-state index is 0.241. The summed E-state index contributed by atoms with van der Waals surface area (Å²) in [5.74, 6) is 0. The Bertz CT molecular complexity index is 531. The Morgan fingerprint density at radius 2 is 1.56 bits per heavy atom. The van der Waals surface area contributed by atoms with Crippen molar-refractivity contribution in [3.05, 3.63) is 64.2 Å². The molecule has 2 heteroatoms. The summed E-state index contributed by atoms with van der Waals surface area (Å²) in [6.07, 6.45) is 0. The lowest BCUT2D eigenvalue weighted by molar-refractivity contribution is 0.884. The molecule has 0 aromatic heterocycles. The van der Waals surface area contributed by atoms with Crippen LogP contribution in [0.25, 0.3) is 0 Å². The Hall–Kier alpha value is -1.47. The van der Waals surface area contributed by atoms with Gasteiger partial charge in [-0.1, -0.05) is 47.5 Å². The summed E-state index contributed by atoms with van der Waals surface area (Å²) in [5, 5.41) is 4.22. The first kappa shape index (κ1) is 13.0. The van der Waals surface area contributed by atoms with Crippen LogP contribution in [-0.2, 0) is 0 Å². The van der Waals surface area contributed by atoms with Gasteiger partial charge in [0, 0.05) is 6.04 Å². The predicted molar refractivity (Wildman–Crippen MR) is 79.4 cm³/mol. The Balaban J connectivity index is 2.18. The second-order valence-electron chi connectivity index (χ2n) is 4.76. The molecule has 0 saturated carbocycles. The maximum atomic E-state index is 6.19. The van der Waals surface area contributed by atoms with Crippen molar-refractivity contribution in [1.82, 2.24) is 0 Å². The molecule has 94 valence electrons. The van der Waals surface area contributed by atoms with E-state index in [4.69, 9.17) is 11.6 Å². The van der Waals surface area contributed by atoms with Crippen molar-refractivity contribution in [3.8, 4) is 0 Å². The molecule has 0 spiro atoms. The van der Waals surface area contributed by atoms with Gasteiger partial charge in [0.05, 0.1) is 10.7 Å². The monoisotopic (exact) mass is 259 g/mol. The van der Waals surface area contributed by atoms with E-state index in [-0.39, 0.29) is 6.04 Å². The number of nitrogens with one attached hydrogen (secondary N) is 1. The summed E-state index contributed by atoms with van der Waals surface area (Å²) >= 11 is 6.19. The van der Waals surface area contributed by atoms with Gasteiger partial charge in [0.25, 0.3) is 0 Å². The van der Waals surface area contributed by atoms with Crippen molar-refractivity contribution in [2.45, 2.75) is 26.8 Å². The first-order valence-corrected chi connectivity index (χ1v) is 6.53. The van der Waals surface area contributed by atoms with Gasteiger partial charge >= 0.3 is 0 Å². The van der Waals surface area contributed by atoms with Crippen molar-refractivity contribution in [1.29, 1.82) is 0 Å². The predicted octanol–water partition coefficient (Wildman–Crippen LogP) is 5.13. The number of hydrogen-bond acceptors (Lipinski definition) is 1. The molecule has 1 nitrogen and oxygen atoms in total. The van der Waals surface area contributed by atoms with Crippen LogP contribution >= 0.6 is 11.6 Å². The first-order chi connectivity index (χ1) is 8.56. The van der Waals surface area contributed by atoms with Crippen LogP contribution in [0.4, 0.5) is 5.69 Å². The van der Waals surface area contributed by atoms with E-state index in [1.54, 1.807) is 0 Å². The van der Waals surface area contributed by atoms with Gasteiger partial charge in [-0.15, -0.1) is 0 Å². The van der Waals surface area contributed by atoms with Crippen LogP contribution in [0.2, 0.25) is 5.02 Å². The molecule has 0 fully saturated rings. The topological polar surface area (TPSA) is 12.0 Å². The second kappa shape index (κ2) is 5.45. The molecule has 2 aromatic carbocycles. The van der Waals surface area contributed by atoms with Crippen LogP contribution in [-0.4, -0.2) is 0 Å². The normalized spacial score (nSPS) is 12.2. The van der Waals surface area contributed by atoms with Gasteiger partial charge in [-0.2, -0.15) is 0 Å². The molecule has 0 aliphatic rings. The number of halogens is 1. The lowest BCUT2D eigenvalue weighted by Gasteiger charge is -2.17. The van der Waals surface area contributed by atoms with Gasteiger partial charge in [-0.05, 0) is 44.0 Å².